The molecule has 6 N–H and O–H groups in total. The van der Waals surface area contributed by atoms with Crippen molar-refractivity contribution >= 4 is 34.5 Å². The van der Waals surface area contributed by atoms with Crippen molar-refractivity contribution in [3.8, 4) is 16.9 Å². The summed E-state index contributed by atoms with van der Waals surface area (Å²) in [4.78, 5) is 43.5. The Morgan fingerprint density at radius 3 is 2.27 bits per heavy atom. The standard InChI is InChI=1S/C35H39N3O7/c1-37(2)20-12-10-18(11-13-20)21-16-22(17-8-6-5-7-9-17)29(39)26-23(21)14-19-15-24-28(38(3)4)31(41)27(34(36)44)33(43)35(24,45)32(42)25(19)30(26)40/h8,10-13,16,19,24,28,39-40,43,45H,5-7,9,14-15H2,1-4H3,(H2,36,44)/t19-,24-,28?,35-/m0/s1. The maximum Gasteiger partial charge on any atom is 0.255 e. The second-order valence-corrected chi connectivity index (χ2v) is 13.1. The number of phenolic OH excluding ortho intramolecular Hbond substituents is 1. The molecular formula is C35H39N3O7. The summed E-state index contributed by atoms with van der Waals surface area (Å²) in [7, 11) is 7.07. The highest BCUT2D eigenvalue weighted by atomic mass is 16.3. The first-order valence-electron chi connectivity index (χ1n) is 15.3. The van der Waals surface area contributed by atoms with Crippen LogP contribution in [-0.4, -0.2) is 82.6 Å². The molecule has 1 unspecified atom stereocenters. The zero-order valence-electron chi connectivity index (χ0n) is 25.9. The fourth-order valence-corrected chi connectivity index (χ4v) is 7.84. The van der Waals surface area contributed by atoms with Crippen LogP contribution >= 0.6 is 0 Å². The van der Waals surface area contributed by atoms with Gasteiger partial charge in [-0.15, -0.1) is 0 Å². The van der Waals surface area contributed by atoms with Crippen molar-refractivity contribution in [3.05, 3.63) is 70.0 Å². The van der Waals surface area contributed by atoms with E-state index in [0.29, 0.717) is 11.1 Å². The van der Waals surface area contributed by atoms with Crippen LogP contribution in [0.15, 0.2) is 53.3 Å². The minimum atomic E-state index is -2.67. The van der Waals surface area contributed by atoms with Gasteiger partial charge in [0.2, 0.25) is 5.78 Å². The van der Waals surface area contributed by atoms with Crippen LogP contribution in [0.25, 0.3) is 22.5 Å². The average molecular weight is 614 g/mol. The van der Waals surface area contributed by atoms with Gasteiger partial charge in [-0.3, -0.25) is 19.3 Å². The van der Waals surface area contributed by atoms with Crippen molar-refractivity contribution in [1.29, 1.82) is 0 Å². The highest BCUT2D eigenvalue weighted by molar-refractivity contribution is 6.24. The zero-order valence-corrected chi connectivity index (χ0v) is 25.9. The molecule has 0 aromatic heterocycles. The topological polar surface area (TPSA) is 165 Å². The van der Waals surface area contributed by atoms with Crippen molar-refractivity contribution in [2.45, 2.75) is 50.2 Å². The molecule has 10 heteroatoms. The number of allylic oxidation sites excluding steroid dienone is 2. The van der Waals surface area contributed by atoms with E-state index in [-0.39, 0.29) is 29.7 Å². The summed E-state index contributed by atoms with van der Waals surface area (Å²) < 4.78 is 0. The number of hydrogen-bond donors (Lipinski definition) is 5. The molecule has 4 aliphatic carbocycles. The number of nitrogens with zero attached hydrogens (tertiary/aromatic N) is 2. The molecule has 10 nitrogen and oxygen atoms in total. The van der Waals surface area contributed by atoms with E-state index in [1.807, 2.05) is 49.3 Å². The third-order valence-electron chi connectivity index (χ3n) is 10.1. The number of fused-ring (bicyclic) bond motifs is 3. The third-order valence-corrected chi connectivity index (χ3v) is 10.1. The Bertz CT molecular complexity index is 1730. The number of ketones is 2. The summed E-state index contributed by atoms with van der Waals surface area (Å²) in [6, 6.07) is 8.77. The van der Waals surface area contributed by atoms with Gasteiger partial charge in [-0.25, -0.2) is 0 Å². The molecule has 2 aromatic carbocycles. The van der Waals surface area contributed by atoms with E-state index in [2.05, 4.69) is 6.08 Å². The van der Waals surface area contributed by atoms with Crippen molar-refractivity contribution in [2.75, 3.05) is 33.1 Å². The summed E-state index contributed by atoms with van der Waals surface area (Å²) >= 11 is 0. The number of aromatic hydroxyl groups is 1. The molecule has 0 radical (unpaired) electrons. The Kier molecular flexibility index (Phi) is 7.41. The molecule has 236 valence electrons. The first-order chi connectivity index (χ1) is 21.3. The lowest BCUT2D eigenvalue weighted by Crippen LogP contribution is -2.65. The summed E-state index contributed by atoms with van der Waals surface area (Å²) in [6.45, 7) is 0. The molecule has 0 bridgehead atoms. The van der Waals surface area contributed by atoms with Crippen molar-refractivity contribution < 1.29 is 34.8 Å². The van der Waals surface area contributed by atoms with Gasteiger partial charge in [-0.05, 0) is 99.0 Å². The molecule has 6 rings (SSSR count). The quantitative estimate of drug-likeness (QED) is 0.317. The van der Waals surface area contributed by atoms with Crippen LogP contribution in [0.4, 0.5) is 5.69 Å². The fourth-order valence-electron chi connectivity index (χ4n) is 7.84. The summed E-state index contributed by atoms with van der Waals surface area (Å²) in [5, 5.41) is 46.7. The van der Waals surface area contributed by atoms with Gasteiger partial charge in [-0.2, -0.15) is 0 Å². The number of amides is 1. The van der Waals surface area contributed by atoms with Gasteiger partial charge in [-0.1, -0.05) is 18.2 Å². The van der Waals surface area contributed by atoms with Gasteiger partial charge in [0.05, 0.1) is 11.6 Å². The molecule has 45 heavy (non-hydrogen) atoms. The average Bonchev–Trinajstić information content (AvgIpc) is 2.99. The molecule has 0 aliphatic heterocycles. The molecule has 0 spiro atoms. The Morgan fingerprint density at radius 1 is 1.00 bits per heavy atom. The maximum atomic E-state index is 14.3. The van der Waals surface area contributed by atoms with Gasteiger partial charge in [0.1, 0.15) is 22.8 Å². The van der Waals surface area contributed by atoms with E-state index >= 15 is 0 Å². The van der Waals surface area contributed by atoms with Crippen LogP contribution < -0.4 is 10.6 Å². The number of aliphatic hydroxyl groups excluding tert-OH is 2. The van der Waals surface area contributed by atoms with Crippen molar-refractivity contribution in [2.24, 2.45) is 17.6 Å². The SMILES string of the molecule is CN(C)c1ccc(-c2cc(C3=CCCCC3)c(O)c3c2C[C@H]2C[C@H]4C(N(C)C)C(=O)C(C(N)=O)=C(O)[C@@]4(O)C(=O)C2=C3O)cc1. The number of carbonyl (C=O) groups excluding carboxylic acids is 3. The van der Waals surface area contributed by atoms with Crippen molar-refractivity contribution in [3.63, 3.8) is 0 Å². The van der Waals surface area contributed by atoms with E-state index in [0.717, 1.165) is 48.1 Å². The van der Waals surface area contributed by atoms with Crippen LogP contribution in [-0.2, 0) is 20.8 Å². The summed E-state index contributed by atoms with van der Waals surface area (Å²) in [5.74, 6) is -6.54. The predicted octanol–water partition coefficient (Wildman–Crippen LogP) is 3.65. The molecule has 4 atom stereocenters. The van der Waals surface area contributed by atoms with E-state index < -0.39 is 58.0 Å². The predicted molar refractivity (Wildman–Crippen MR) is 170 cm³/mol. The van der Waals surface area contributed by atoms with E-state index in [9.17, 15) is 34.8 Å². The van der Waals surface area contributed by atoms with Crippen LogP contribution in [0.2, 0.25) is 0 Å². The lowest BCUT2D eigenvalue weighted by atomic mass is 9.57. The van der Waals surface area contributed by atoms with Crippen molar-refractivity contribution in [1.82, 2.24) is 4.90 Å². The number of Topliss-reactive ketones (excluding diaryl/α,β-unsaturated/α-hetero) is 2. The van der Waals surface area contributed by atoms with Gasteiger partial charge in [0.15, 0.2) is 11.4 Å². The molecular weight excluding hydrogens is 574 g/mol. The number of carbonyl (C=O) groups is 3. The smallest absolute Gasteiger partial charge is 0.255 e. The van der Waals surface area contributed by atoms with Crippen LogP contribution in [0.3, 0.4) is 0 Å². The third kappa shape index (κ3) is 4.49. The van der Waals surface area contributed by atoms with Gasteiger partial charge in [0, 0.05) is 36.8 Å². The maximum absolute atomic E-state index is 14.3. The molecule has 1 fully saturated rings. The first kappa shape index (κ1) is 30.6. The number of phenols is 1. The number of hydrogen-bond acceptors (Lipinski definition) is 9. The second kappa shape index (κ2) is 10.9. The highest BCUT2D eigenvalue weighted by Crippen LogP contribution is 2.55. The van der Waals surface area contributed by atoms with Gasteiger partial charge >= 0.3 is 0 Å². The van der Waals surface area contributed by atoms with E-state index in [4.69, 9.17) is 5.73 Å². The number of benzene rings is 2. The fraction of sp³-hybridized carbons (Fsp3) is 0.400. The largest absolute Gasteiger partial charge is 0.508 e. The molecule has 1 amide bonds. The number of likely N-dealkylation sites (N-methyl/N-ethyl adjacent to an activating group) is 1. The number of nitrogens with two attached hydrogens (primary N) is 1. The minimum Gasteiger partial charge on any atom is -0.508 e. The van der Waals surface area contributed by atoms with E-state index in [1.165, 1.54) is 4.90 Å². The number of rotatable bonds is 5. The van der Waals surface area contributed by atoms with E-state index in [1.54, 1.807) is 14.1 Å². The molecule has 4 aliphatic rings. The van der Waals surface area contributed by atoms with Crippen LogP contribution in [0.1, 0.15) is 48.8 Å². The Hall–Kier alpha value is -4.41. The van der Waals surface area contributed by atoms with Crippen LogP contribution in [0, 0.1) is 11.8 Å². The number of anilines is 1. The van der Waals surface area contributed by atoms with Gasteiger partial charge in [0.25, 0.3) is 5.91 Å². The summed E-state index contributed by atoms with van der Waals surface area (Å²) in [5.41, 5.74) is 6.75. The molecule has 1 saturated carbocycles. The first-order valence-corrected chi connectivity index (χ1v) is 15.3. The number of aliphatic hydroxyl groups is 3. The molecule has 2 aromatic rings. The Balaban J connectivity index is 1.60. The lowest BCUT2D eigenvalue weighted by Gasteiger charge is -2.50. The highest BCUT2D eigenvalue weighted by Gasteiger charge is 2.64. The minimum absolute atomic E-state index is 0.0401. The number of primary amides is 1. The summed E-state index contributed by atoms with van der Waals surface area (Å²) in [6.07, 6.45) is 5.97. The van der Waals surface area contributed by atoms with Crippen LogP contribution in [0.5, 0.6) is 5.75 Å². The van der Waals surface area contributed by atoms with Gasteiger partial charge < -0.3 is 31.1 Å². The zero-order chi connectivity index (χ0) is 32.5. The molecule has 0 saturated heterocycles. The Morgan fingerprint density at radius 2 is 1.69 bits per heavy atom. The monoisotopic (exact) mass is 613 g/mol. The molecule has 0 heterocycles. The lowest BCUT2D eigenvalue weighted by molar-refractivity contribution is -0.153. The second-order valence-electron chi connectivity index (χ2n) is 13.1. The normalized spacial score (nSPS) is 26.4. The Labute approximate surface area is 261 Å².